The van der Waals surface area contributed by atoms with E-state index in [0.29, 0.717) is 27.6 Å². The molecule has 43 heavy (non-hydrogen) atoms. The van der Waals surface area contributed by atoms with E-state index in [1.165, 1.54) is 35.3 Å². The third-order valence-corrected chi connectivity index (χ3v) is 7.78. The summed E-state index contributed by atoms with van der Waals surface area (Å²) in [5.41, 5.74) is 0.242. The number of benzene rings is 1. The van der Waals surface area contributed by atoms with Gasteiger partial charge < -0.3 is 19.9 Å². The fraction of sp³-hybridized carbons (Fsp3) is 0.276. The maximum atomic E-state index is 15.9. The second kappa shape index (κ2) is 11.4. The van der Waals surface area contributed by atoms with E-state index < -0.39 is 23.3 Å². The lowest BCUT2D eigenvalue weighted by atomic mass is 10.1. The molecule has 11 nitrogen and oxygen atoms in total. The Bertz CT molecular complexity index is 1850. The number of halogens is 3. The van der Waals surface area contributed by atoms with Gasteiger partial charge in [-0.05, 0) is 56.4 Å². The van der Waals surface area contributed by atoms with Crippen molar-refractivity contribution in [3.05, 3.63) is 110 Å². The van der Waals surface area contributed by atoms with E-state index in [2.05, 4.69) is 20.2 Å². The lowest BCUT2D eigenvalue weighted by Crippen LogP contribution is -2.34. The summed E-state index contributed by atoms with van der Waals surface area (Å²) in [6.07, 6.45) is 4.95. The van der Waals surface area contributed by atoms with E-state index in [9.17, 15) is 20.1 Å². The molecule has 1 saturated carbocycles. The van der Waals surface area contributed by atoms with Crippen molar-refractivity contribution in [2.45, 2.75) is 45.6 Å². The van der Waals surface area contributed by atoms with E-state index in [0.717, 1.165) is 10.8 Å². The van der Waals surface area contributed by atoms with Crippen molar-refractivity contribution in [2.75, 3.05) is 0 Å². The highest BCUT2D eigenvalue weighted by Crippen LogP contribution is 2.60. The number of rotatable bonds is 8. The number of pyridine rings is 1. The van der Waals surface area contributed by atoms with Gasteiger partial charge in [0.2, 0.25) is 0 Å². The largest absolute Gasteiger partial charge is 0.405 e. The van der Waals surface area contributed by atoms with Crippen LogP contribution in [0.25, 0.3) is 11.9 Å². The van der Waals surface area contributed by atoms with E-state index in [1.807, 2.05) is 6.92 Å². The van der Waals surface area contributed by atoms with Crippen LogP contribution in [0.2, 0.25) is 5.02 Å². The molecule has 0 radical (unpaired) electrons. The molecular weight excluding hydrogens is 584 g/mol. The minimum absolute atomic E-state index is 0.0518. The molecule has 1 aliphatic rings. The normalized spacial score (nSPS) is 19.4. The Kier molecular flexibility index (Phi) is 8.01. The summed E-state index contributed by atoms with van der Waals surface area (Å²) >= 11 is 6.53. The van der Waals surface area contributed by atoms with Gasteiger partial charge in [0.25, 0.3) is 5.56 Å². The number of aryl methyl sites for hydroxylation is 2. The van der Waals surface area contributed by atoms with Crippen molar-refractivity contribution in [1.29, 1.82) is 0 Å². The third-order valence-electron chi connectivity index (χ3n) is 7.40. The van der Waals surface area contributed by atoms with E-state index in [4.69, 9.17) is 11.6 Å². The number of aliphatic imine (C=N–C) groups is 1. The molecule has 4 aromatic rings. The molecule has 5 rings (SSSR count). The first kappa shape index (κ1) is 30.2. The molecule has 0 spiro atoms. The maximum absolute atomic E-state index is 15.9. The molecule has 0 aliphatic heterocycles. The molecule has 1 aliphatic carbocycles. The molecular formula is C29H28ClF2N7O4. The van der Waals surface area contributed by atoms with Gasteiger partial charge in [0.15, 0.2) is 11.6 Å². The van der Waals surface area contributed by atoms with Crippen LogP contribution in [0.15, 0.2) is 70.7 Å². The molecule has 0 amide bonds. The zero-order valence-electron chi connectivity index (χ0n) is 23.5. The Balaban J connectivity index is 1.52. The van der Waals surface area contributed by atoms with Crippen molar-refractivity contribution in [1.82, 2.24) is 29.1 Å². The first-order chi connectivity index (χ1) is 20.3. The molecule has 1 aromatic carbocycles. The Morgan fingerprint density at radius 3 is 2.58 bits per heavy atom. The summed E-state index contributed by atoms with van der Waals surface area (Å²) < 4.78 is 34.2. The van der Waals surface area contributed by atoms with Crippen LogP contribution in [-0.4, -0.2) is 50.1 Å². The van der Waals surface area contributed by atoms with Crippen LogP contribution in [0.3, 0.4) is 0 Å². The third kappa shape index (κ3) is 5.59. The van der Waals surface area contributed by atoms with Crippen molar-refractivity contribution in [3.63, 3.8) is 0 Å². The zero-order valence-corrected chi connectivity index (χ0v) is 24.3. The number of imidazole rings is 1. The van der Waals surface area contributed by atoms with Crippen LogP contribution in [-0.2, 0) is 6.10 Å². The van der Waals surface area contributed by atoms with Gasteiger partial charge in [-0.15, -0.1) is 0 Å². The van der Waals surface area contributed by atoms with Gasteiger partial charge in [0, 0.05) is 35.8 Å². The van der Waals surface area contributed by atoms with Gasteiger partial charge in [0.1, 0.15) is 16.6 Å². The molecule has 3 aromatic heterocycles. The SMILES string of the molecule is C/C=C/N=C(/C(F)=C/n1c(C)cc(C2C(C)C2c2cnn(C(O)(O)O)n2)c(Cl)c1=O)c1cccc(-n2ccnc2C)c1F. The molecule has 0 bridgehead atoms. The van der Waals surface area contributed by atoms with Gasteiger partial charge in [-0.3, -0.25) is 14.4 Å². The first-order valence-electron chi connectivity index (χ1n) is 13.2. The van der Waals surface area contributed by atoms with Crippen molar-refractivity contribution in [2.24, 2.45) is 10.9 Å². The molecule has 224 valence electrons. The molecule has 3 N–H and O–H groups in total. The number of nitrogens with zero attached hydrogens (tertiary/aromatic N) is 7. The van der Waals surface area contributed by atoms with Crippen LogP contribution < -0.4 is 5.56 Å². The highest BCUT2D eigenvalue weighted by Gasteiger charge is 2.51. The van der Waals surface area contributed by atoms with Crippen molar-refractivity contribution >= 4 is 23.5 Å². The van der Waals surface area contributed by atoms with Gasteiger partial charge in [-0.1, -0.05) is 35.5 Å². The van der Waals surface area contributed by atoms with Crippen LogP contribution in [0.5, 0.6) is 0 Å². The van der Waals surface area contributed by atoms with E-state index in [-0.39, 0.29) is 39.7 Å². The Hall–Kier alpha value is -4.30. The van der Waals surface area contributed by atoms with Gasteiger partial charge in [0.05, 0.1) is 23.8 Å². The first-order valence-corrected chi connectivity index (χ1v) is 13.6. The summed E-state index contributed by atoms with van der Waals surface area (Å²) in [4.78, 5) is 22.0. The Morgan fingerprint density at radius 2 is 1.95 bits per heavy atom. The summed E-state index contributed by atoms with van der Waals surface area (Å²) in [6.45, 7) is 6.89. The summed E-state index contributed by atoms with van der Waals surface area (Å²) in [5, 5.41) is 35.4. The monoisotopic (exact) mass is 611 g/mol. The van der Waals surface area contributed by atoms with Crippen LogP contribution in [0, 0.1) is 25.6 Å². The van der Waals surface area contributed by atoms with Gasteiger partial charge >= 0.3 is 6.10 Å². The minimum Gasteiger partial charge on any atom is -0.323 e. The smallest absolute Gasteiger partial charge is 0.323 e. The summed E-state index contributed by atoms with van der Waals surface area (Å²) in [6, 6.07) is 6.16. The lowest BCUT2D eigenvalue weighted by molar-refractivity contribution is -0.387. The van der Waals surface area contributed by atoms with Crippen LogP contribution >= 0.6 is 11.6 Å². The average molecular weight is 612 g/mol. The highest BCUT2D eigenvalue weighted by atomic mass is 35.5. The second-order valence-corrected chi connectivity index (χ2v) is 10.6. The Morgan fingerprint density at radius 1 is 1.21 bits per heavy atom. The topological polar surface area (TPSA) is 144 Å². The number of allylic oxidation sites excluding steroid dienone is 2. The van der Waals surface area contributed by atoms with Crippen LogP contribution in [0.4, 0.5) is 8.78 Å². The van der Waals surface area contributed by atoms with E-state index >= 15 is 8.78 Å². The number of aromatic nitrogens is 6. The molecule has 1 fully saturated rings. The number of hydrogen-bond donors (Lipinski definition) is 3. The minimum atomic E-state index is -3.26. The summed E-state index contributed by atoms with van der Waals surface area (Å²) in [5.74, 6) is -1.75. The highest BCUT2D eigenvalue weighted by molar-refractivity contribution is 6.31. The number of hydrogen-bond acceptors (Lipinski definition) is 8. The maximum Gasteiger partial charge on any atom is 0.405 e. The average Bonchev–Trinajstić information content (AvgIpc) is 3.27. The molecule has 3 atom stereocenters. The van der Waals surface area contributed by atoms with Gasteiger partial charge in [-0.25, -0.2) is 13.8 Å². The fourth-order valence-electron chi connectivity index (χ4n) is 5.22. The molecule has 3 unspecified atom stereocenters. The predicted molar refractivity (Wildman–Crippen MR) is 155 cm³/mol. The lowest BCUT2D eigenvalue weighted by Gasteiger charge is -2.13. The van der Waals surface area contributed by atoms with Crippen LogP contribution in [0.1, 0.15) is 54.0 Å². The van der Waals surface area contributed by atoms with Gasteiger partial charge in [-0.2, -0.15) is 10.2 Å². The molecule has 14 heteroatoms. The van der Waals surface area contributed by atoms with Crippen molar-refractivity contribution < 1.29 is 24.1 Å². The zero-order chi connectivity index (χ0) is 31.2. The quantitative estimate of drug-likeness (QED) is 0.203. The predicted octanol–water partition coefficient (Wildman–Crippen LogP) is 3.89. The van der Waals surface area contributed by atoms with E-state index in [1.54, 1.807) is 45.2 Å². The molecule has 3 heterocycles. The second-order valence-electron chi connectivity index (χ2n) is 10.2. The standard InChI is InChI=1S/C29H28ClF2N7O4/c1-5-9-34-27(18-7-6-8-22(26(18)32)37-11-10-33-17(37)4)20(31)14-38-15(2)12-19(25(30)28(38)40)23-16(3)24(23)21-13-35-39(36-21)29(41,42)43/h5-14,16,23-24,41-43H,1-4H3/b9-5+,20-14-,34-27+. The number of aliphatic hydroxyl groups is 3. The fourth-order valence-corrected chi connectivity index (χ4v) is 5.49. The summed E-state index contributed by atoms with van der Waals surface area (Å²) in [7, 11) is 0. The molecule has 0 saturated heterocycles. The Labute approximate surface area is 249 Å². The van der Waals surface area contributed by atoms with Crippen molar-refractivity contribution in [3.8, 4) is 5.69 Å².